The summed E-state index contributed by atoms with van der Waals surface area (Å²) in [7, 11) is 0. The van der Waals surface area contributed by atoms with Crippen LogP contribution in [0.4, 0.5) is 0 Å². The van der Waals surface area contributed by atoms with Crippen LogP contribution in [0.1, 0.15) is 36.5 Å². The van der Waals surface area contributed by atoms with Crippen molar-refractivity contribution in [3.05, 3.63) is 65.5 Å². The van der Waals surface area contributed by atoms with Gasteiger partial charge in [-0.25, -0.2) is 0 Å². The van der Waals surface area contributed by atoms with Crippen molar-refractivity contribution in [2.24, 2.45) is 0 Å². The van der Waals surface area contributed by atoms with Gasteiger partial charge in [-0.05, 0) is 35.6 Å². The summed E-state index contributed by atoms with van der Waals surface area (Å²) in [5, 5.41) is 2.78. The van der Waals surface area contributed by atoms with Crippen LogP contribution >= 0.6 is 0 Å². The Labute approximate surface area is 148 Å². The van der Waals surface area contributed by atoms with E-state index in [0.717, 1.165) is 17.5 Å². The van der Waals surface area contributed by atoms with E-state index < -0.39 is 6.04 Å². The molecular weight excluding hydrogens is 314 g/mol. The molecule has 0 unspecified atom stereocenters. The molecule has 2 aromatic rings. The lowest BCUT2D eigenvalue weighted by atomic mass is 10.1. The summed E-state index contributed by atoms with van der Waals surface area (Å²) in [6, 6.07) is 11.7. The van der Waals surface area contributed by atoms with Crippen LogP contribution in [0.5, 0.6) is 0 Å². The fraction of sp³-hybridized carbons (Fsp3) is 0.350. The molecule has 3 rings (SSSR count). The Morgan fingerprint density at radius 1 is 1.16 bits per heavy atom. The Kier molecular flexibility index (Phi) is 5.43. The second kappa shape index (κ2) is 7.92. The third-order valence-corrected chi connectivity index (χ3v) is 4.51. The number of amides is 2. The zero-order valence-electron chi connectivity index (χ0n) is 14.4. The molecule has 130 valence electrons. The Hall–Kier alpha value is -2.69. The molecule has 1 saturated heterocycles. The molecular formula is C20H23N3O2. The predicted octanol–water partition coefficient (Wildman–Crippen LogP) is 2.45. The van der Waals surface area contributed by atoms with Crippen molar-refractivity contribution in [3.8, 4) is 0 Å². The topological polar surface area (TPSA) is 62.3 Å². The van der Waals surface area contributed by atoms with Gasteiger partial charge in [0.05, 0.1) is 0 Å². The lowest BCUT2D eigenvalue weighted by Crippen LogP contribution is -2.43. The van der Waals surface area contributed by atoms with Gasteiger partial charge in [0.1, 0.15) is 6.04 Å². The Morgan fingerprint density at radius 2 is 1.88 bits per heavy atom. The largest absolute Gasteiger partial charge is 0.344 e. The number of hydrogen-bond acceptors (Lipinski definition) is 3. The molecule has 2 amide bonds. The number of rotatable bonds is 6. The maximum atomic E-state index is 12.9. The summed E-state index contributed by atoms with van der Waals surface area (Å²) in [5.74, 6) is -0.0822. The van der Waals surface area contributed by atoms with Gasteiger partial charge >= 0.3 is 0 Å². The van der Waals surface area contributed by atoms with Gasteiger partial charge in [-0.2, -0.15) is 0 Å². The fourth-order valence-corrected chi connectivity index (χ4v) is 3.04. The van der Waals surface area contributed by atoms with E-state index in [-0.39, 0.29) is 11.8 Å². The van der Waals surface area contributed by atoms with Crippen molar-refractivity contribution < 1.29 is 9.59 Å². The highest BCUT2D eigenvalue weighted by Crippen LogP contribution is 2.16. The van der Waals surface area contributed by atoms with Crippen LogP contribution in [0, 0.1) is 0 Å². The average molecular weight is 337 g/mol. The van der Waals surface area contributed by atoms with Crippen molar-refractivity contribution >= 4 is 11.8 Å². The van der Waals surface area contributed by atoms with Crippen LogP contribution in [-0.4, -0.2) is 27.7 Å². The highest BCUT2D eigenvalue weighted by Gasteiger charge is 2.30. The fourth-order valence-electron chi connectivity index (χ4n) is 3.04. The molecule has 1 N–H and O–H groups in total. The monoisotopic (exact) mass is 337 g/mol. The molecule has 0 spiro atoms. The minimum absolute atomic E-state index is 0.0331. The zero-order chi connectivity index (χ0) is 17.6. The van der Waals surface area contributed by atoms with E-state index in [0.29, 0.717) is 25.9 Å². The van der Waals surface area contributed by atoms with E-state index in [1.807, 2.05) is 12.1 Å². The first-order chi connectivity index (χ1) is 12.2. The van der Waals surface area contributed by atoms with Crippen LogP contribution in [0.25, 0.3) is 0 Å². The number of carbonyl (C=O) groups excluding carboxylic acids is 2. The second-order valence-electron chi connectivity index (χ2n) is 6.38. The molecule has 0 aliphatic carbocycles. The number of pyridine rings is 1. The first kappa shape index (κ1) is 17.1. The van der Waals surface area contributed by atoms with Crippen LogP contribution in [0.3, 0.4) is 0 Å². The number of nitrogens with one attached hydrogen (secondary N) is 1. The smallest absolute Gasteiger partial charge is 0.245 e. The highest BCUT2D eigenvalue weighted by atomic mass is 16.2. The lowest BCUT2D eigenvalue weighted by Gasteiger charge is -2.26. The summed E-state index contributed by atoms with van der Waals surface area (Å²) in [6.45, 7) is 3.12. The van der Waals surface area contributed by atoms with Crippen molar-refractivity contribution in [1.29, 1.82) is 0 Å². The van der Waals surface area contributed by atoms with Gasteiger partial charge in [-0.3, -0.25) is 14.6 Å². The first-order valence-electron chi connectivity index (χ1n) is 8.70. The Morgan fingerprint density at radius 3 is 2.48 bits per heavy atom. The summed E-state index contributed by atoms with van der Waals surface area (Å²) < 4.78 is 0. The average Bonchev–Trinajstić information content (AvgIpc) is 3.08. The van der Waals surface area contributed by atoms with Crippen molar-refractivity contribution in [2.45, 2.75) is 45.3 Å². The van der Waals surface area contributed by atoms with E-state index in [9.17, 15) is 9.59 Å². The summed E-state index contributed by atoms with van der Waals surface area (Å²) in [5.41, 5.74) is 3.33. The van der Waals surface area contributed by atoms with Gasteiger partial charge in [0.15, 0.2) is 0 Å². The molecule has 1 atom stereocenters. The molecule has 5 heteroatoms. The third-order valence-electron chi connectivity index (χ3n) is 4.51. The summed E-state index contributed by atoms with van der Waals surface area (Å²) in [6.07, 6.45) is 5.47. The van der Waals surface area contributed by atoms with Crippen LogP contribution in [0.15, 0.2) is 48.8 Å². The van der Waals surface area contributed by atoms with Crippen molar-refractivity contribution in [2.75, 3.05) is 0 Å². The van der Waals surface area contributed by atoms with Crippen molar-refractivity contribution in [1.82, 2.24) is 15.2 Å². The number of benzene rings is 1. The van der Waals surface area contributed by atoms with Gasteiger partial charge in [0, 0.05) is 31.9 Å². The molecule has 25 heavy (non-hydrogen) atoms. The second-order valence-corrected chi connectivity index (χ2v) is 6.38. The molecule has 1 aromatic carbocycles. The van der Waals surface area contributed by atoms with E-state index in [4.69, 9.17) is 0 Å². The molecule has 1 aliphatic rings. The quantitative estimate of drug-likeness (QED) is 0.881. The summed E-state index contributed by atoms with van der Waals surface area (Å²) in [4.78, 5) is 30.3. The maximum absolute atomic E-state index is 12.9. The van der Waals surface area contributed by atoms with Crippen LogP contribution < -0.4 is 5.32 Å². The molecule has 0 radical (unpaired) electrons. The Bertz CT molecular complexity index is 728. The van der Waals surface area contributed by atoms with Crippen LogP contribution in [0.2, 0.25) is 0 Å². The van der Waals surface area contributed by atoms with E-state index in [1.54, 1.807) is 17.3 Å². The molecule has 0 bridgehead atoms. The van der Waals surface area contributed by atoms with Crippen LogP contribution in [-0.2, 0) is 29.1 Å². The van der Waals surface area contributed by atoms with Crippen molar-refractivity contribution in [3.63, 3.8) is 0 Å². The lowest BCUT2D eigenvalue weighted by molar-refractivity contribution is -0.135. The van der Waals surface area contributed by atoms with Gasteiger partial charge in [0.2, 0.25) is 11.8 Å². The summed E-state index contributed by atoms with van der Waals surface area (Å²) >= 11 is 0. The van der Waals surface area contributed by atoms with E-state index >= 15 is 0 Å². The van der Waals surface area contributed by atoms with Gasteiger partial charge < -0.3 is 10.2 Å². The van der Waals surface area contributed by atoms with E-state index in [2.05, 4.69) is 41.5 Å². The molecule has 1 fully saturated rings. The highest BCUT2D eigenvalue weighted by molar-refractivity contribution is 5.90. The molecule has 5 nitrogen and oxygen atoms in total. The Balaban J connectivity index is 1.77. The number of aryl methyl sites for hydroxylation is 1. The SMILES string of the molecule is CCc1ccc(CN(Cc2cccnc2)C(=O)[C@@H]2CCC(=O)N2)cc1. The van der Waals surface area contributed by atoms with E-state index in [1.165, 1.54) is 5.56 Å². The predicted molar refractivity (Wildman–Crippen MR) is 95.5 cm³/mol. The molecule has 0 saturated carbocycles. The maximum Gasteiger partial charge on any atom is 0.245 e. The normalized spacial score (nSPS) is 16.5. The minimum atomic E-state index is -0.418. The third kappa shape index (κ3) is 4.44. The standard InChI is InChI=1S/C20H23N3O2/c1-2-15-5-7-16(8-6-15)13-23(14-17-4-3-11-21-12-17)20(25)18-9-10-19(24)22-18/h3-8,11-12,18H,2,9-10,13-14H2,1H3,(H,22,24)/t18-/m0/s1. The minimum Gasteiger partial charge on any atom is -0.344 e. The first-order valence-corrected chi connectivity index (χ1v) is 8.70. The van der Waals surface area contributed by atoms with Gasteiger partial charge in [0.25, 0.3) is 0 Å². The molecule has 1 aromatic heterocycles. The zero-order valence-corrected chi connectivity index (χ0v) is 14.4. The molecule has 2 heterocycles. The molecule has 1 aliphatic heterocycles. The number of nitrogens with zero attached hydrogens (tertiary/aromatic N) is 2. The number of carbonyl (C=O) groups is 2. The number of aromatic nitrogens is 1. The number of hydrogen-bond donors (Lipinski definition) is 1. The van der Waals surface area contributed by atoms with Gasteiger partial charge in [-0.1, -0.05) is 37.3 Å². The van der Waals surface area contributed by atoms with Gasteiger partial charge in [-0.15, -0.1) is 0 Å².